The van der Waals surface area contributed by atoms with Crippen LogP contribution >= 0.6 is 22.6 Å². The molecule has 1 atom stereocenters. The van der Waals surface area contributed by atoms with Crippen molar-refractivity contribution in [2.24, 2.45) is 5.92 Å². The minimum atomic E-state index is -0.377. The summed E-state index contributed by atoms with van der Waals surface area (Å²) in [7, 11) is 0. The second-order valence-corrected chi connectivity index (χ2v) is 6.14. The molecule has 0 radical (unpaired) electrons. The van der Waals surface area contributed by atoms with Gasteiger partial charge in [-0.05, 0) is 44.0 Å². The number of hydrogen-bond acceptors (Lipinski definition) is 2. The quantitative estimate of drug-likeness (QED) is 0.577. The third-order valence-electron chi connectivity index (χ3n) is 2.45. The molecule has 1 aliphatic rings. The van der Waals surface area contributed by atoms with Gasteiger partial charge in [0.1, 0.15) is 5.60 Å². The minimum absolute atomic E-state index is 0.154. The van der Waals surface area contributed by atoms with Crippen LogP contribution < -0.4 is 0 Å². The van der Waals surface area contributed by atoms with Crippen LogP contribution in [-0.4, -0.2) is 34.1 Å². The number of carbonyl (C=O) groups excluding carboxylic acids is 1. The molecule has 15 heavy (non-hydrogen) atoms. The first kappa shape index (κ1) is 13.1. The molecule has 0 N–H and O–H groups in total. The van der Waals surface area contributed by atoms with Gasteiger partial charge < -0.3 is 9.64 Å². The highest BCUT2D eigenvalue weighted by molar-refractivity contribution is 14.1. The number of carbonyl (C=O) groups is 1. The van der Waals surface area contributed by atoms with Crippen molar-refractivity contribution in [3.05, 3.63) is 0 Å². The molecule has 3 nitrogen and oxygen atoms in total. The first-order valence-electron chi connectivity index (χ1n) is 5.46. The smallest absolute Gasteiger partial charge is 0.410 e. The van der Waals surface area contributed by atoms with E-state index in [1.54, 1.807) is 0 Å². The number of alkyl halides is 1. The lowest BCUT2D eigenvalue weighted by Crippen LogP contribution is -2.35. The molecule has 1 rings (SSSR count). The summed E-state index contributed by atoms with van der Waals surface area (Å²) < 4.78 is 6.50. The SMILES string of the molecule is CC(C)(C)OC(=O)N1CCC(CCI)C1. The molecular formula is C11H20INO2. The van der Waals surface area contributed by atoms with Gasteiger partial charge in [-0.3, -0.25) is 0 Å². The van der Waals surface area contributed by atoms with Gasteiger partial charge in [0.25, 0.3) is 0 Å². The van der Waals surface area contributed by atoms with Crippen LogP contribution in [0.1, 0.15) is 33.6 Å². The Morgan fingerprint density at radius 1 is 1.53 bits per heavy atom. The third kappa shape index (κ3) is 4.57. The zero-order valence-corrected chi connectivity index (χ0v) is 11.9. The van der Waals surface area contributed by atoms with Gasteiger partial charge in [0, 0.05) is 13.1 Å². The van der Waals surface area contributed by atoms with E-state index in [-0.39, 0.29) is 11.7 Å². The Morgan fingerprint density at radius 2 is 2.20 bits per heavy atom. The van der Waals surface area contributed by atoms with Crippen molar-refractivity contribution in [2.45, 2.75) is 39.2 Å². The van der Waals surface area contributed by atoms with Gasteiger partial charge in [0.2, 0.25) is 0 Å². The molecule has 0 bridgehead atoms. The molecule has 1 unspecified atom stereocenters. The summed E-state index contributed by atoms with van der Waals surface area (Å²) in [5, 5.41) is 0. The number of rotatable bonds is 2. The van der Waals surface area contributed by atoms with Crippen molar-refractivity contribution < 1.29 is 9.53 Å². The largest absolute Gasteiger partial charge is 0.444 e. The first-order valence-corrected chi connectivity index (χ1v) is 6.99. The average Bonchev–Trinajstić information content (AvgIpc) is 2.50. The van der Waals surface area contributed by atoms with E-state index in [9.17, 15) is 4.79 Å². The van der Waals surface area contributed by atoms with Gasteiger partial charge in [-0.1, -0.05) is 22.6 Å². The molecule has 0 aromatic carbocycles. The Hall–Kier alpha value is 0. The summed E-state index contributed by atoms with van der Waals surface area (Å²) in [6.45, 7) is 7.45. The minimum Gasteiger partial charge on any atom is -0.444 e. The predicted molar refractivity (Wildman–Crippen MR) is 69.4 cm³/mol. The van der Waals surface area contributed by atoms with E-state index in [4.69, 9.17) is 4.74 Å². The molecule has 1 amide bonds. The highest BCUT2D eigenvalue weighted by Crippen LogP contribution is 2.22. The Bertz CT molecular complexity index is 225. The number of amides is 1. The molecule has 0 saturated carbocycles. The molecule has 0 spiro atoms. The van der Waals surface area contributed by atoms with Crippen molar-refractivity contribution in [1.82, 2.24) is 4.90 Å². The summed E-state index contributed by atoms with van der Waals surface area (Å²) in [6, 6.07) is 0. The molecule has 0 aromatic rings. The van der Waals surface area contributed by atoms with Crippen LogP contribution in [-0.2, 0) is 4.74 Å². The molecule has 1 heterocycles. The molecule has 88 valence electrons. The maximum absolute atomic E-state index is 11.7. The molecule has 0 aliphatic carbocycles. The van der Waals surface area contributed by atoms with Gasteiger partial charge in [0.15, 0.2) is 0 Å². The van der Waals surface area contributed by atoms with E-state index in [2.05, 4.69) is 22.6 Å². The van der Waals surface area contributed by atoms with Crippen molar-refractivity contribution in [2.75, 3.05) is 17.5 Å². The van der Waals surface area contributed by atoms with Gasteiger partial charge in [-0.25, -0.2) is 4.79 Å². The third-order valence-corrected chi connectivity index (χ3v) is 3.08. The summed E-state index contributed by atoms with van der Waals surface area (Å²) in [4.78, 5) is 13.5. The highest BCUT2D eigenvalue weighted by Gasteiger charge is 2.29. The molecule has 4 heteroatoms. The van der Waals surface area contributed by atoms with E-state index in [0.717, 1.165) is 19.5 Å². The molecule has 1 saturated heterocycles. The van der Waals surface area contributed by atoms with Crippen molar-refractivity contribution in [1.29, 1.82) is 0 Å². The van der Waals surface area contributed by atoms with E-state index < -0.39 is 0 Å². The number of halogens is 1. The predicted octanol–water partition coefficient (Wildman–Crippen LogP) is 3.07. The van der Waals surface area contributed by atoms with Crippen LogP contribution in [0.4, 0.5) is 4.79 Å². The Kier molecular flexibility index (Phi) is 4.67. The highest BCUT2D eigenvalue weighted by atomic mass is 127. The lowest BCUT2D eigenvalue weighted by molar-refractivity contribution is 0.0288. The number of hydrogen-bond donors (Lipinski definition) is 0. The monoisotopic (exact) mass is 325 g/mol. The summed E-state index contributed by atoms with van der Waals surface area (Å²) in [6.07, 6.45) is 2.18. The zero-order chi connectivity index (χ0) is 11.5. The maximum atomic E-state index is 11.7. The lowest BCUT2D eigenvalue weighted by atomic mass is 10.1. The van der Waals surface area contributed by atoms with Crippen LogP contribution in [0.2, 0.25) is 0 Å². The van der Waals surface area contributed by atoms with Crippen LogP contribution in [0.25, 0.3) is 0 Å². The van der Waals surface area contributed by atoms with Crippen LogP contribution in [0.5, 0.6) is 0 Å². The van der Waals surface area contributed by atoms with Crippen molar-refractivity contribution >= 4 is 28.7 Å². The molecular weight excluding hydrogens is 305 g/mol. The molecule has 1 fully saturated rings. The van der Waals surface area contributed by atoms with Gasteiger partial charge in [-0.2, -0.15) is 0 Å². The Morgan fingerprint density at radius 3 is 2.73 bits per heavy atom. The van der Waals surface area contributed by atoms with Gasteiger partial charge >= 0.3 is 6.09 Å². The number of nitrogens with zero attached hydrogens (tertiary/aromatic N) is 1. The summed E-state index contributed by atoms with van der Waals surface area (Å²) in [5.41, 5.74) is -0.377. The molecule has 0 aromatic heterocycles. The van der Waals surface area contributed by atoms with Gasteiger partial charge in [0.05, 0.1) is 0 Å². The standard InChI is InChI=1S/C11H20INO2/c1-11(2,3)15-10(14)13-7-5-9(8-13)4-6-12/h9H,4-8H2,1-3H3. The van der Waals surface area contributed by atoms with E-state index in [0.29, 0.717) is 5.92 Å². The fourth-order valence-electron chi connectivity index (χ4n) is 1.71. The fraction of sp³-hybridized carbons (Fsp3) is 0.909. The number of likely N-dealkylation sites (tertiary alicyclic amines) is 1. The average molecular weight is 325 g/mol. The van der Waals surface area contributed by atoms with E-state index >= 15 is 0 Å². The fourth-order valence-corrected chi connectivity index (χ4v) is 2.60. The summed E-state index contributed by atoms with van der Waals surface area (Å²) >= 11 is 2.39. The lowest BCUT2D eigenvalue weighted by Gasteiger charge is -2.24. The van der Waals surface area contributed by atoms with Crippen molar-refractivity contribution in [3.8, 4) is 0 Å². The van der Waals surface area contributed by atoms with Crippen LogP contribution in [0.15, 0.2) is 0 Å². The van der Waals surface area contributed by atoms with E-state index in [1.807, 2.05) is 25.7 Å². The van der Waals surface area contributed by atoms with Crippen LogP contribution in [0.3, 0.4) is 0 Å². The molecule has 1 aliphatic heterocycles. The van der Waals surface area contributed by atoms with E-state index in [1.165, 1.54) is 10.8 Å². The van der Waals surface area contributed by atoms with Gasteiger partial charge in [-0.15, -0.1) is 0 Å². The zero-order valence-electron chi connectivity index (χ0n) is 9.75. The van der Waals surface area contributed by atoms with Crippen molar-refractivity contribution in [3.63, 3.8) is 0 Å². The Labute approximate surface area is 106 Å². The number of ether oxygens (including phenoxy) is 1. The normalized spacial score (nSPS) is 21.9. The summed E-state index contributed by atoms with van der Waals surface area (Å²) in [5.74, 6) is 0.675. The second-order valence-electron chi connectivity index (χ2n) is 5.06. The first-order chi connectivity index (χ1) is 6.92. The second kappa shape index (κ2) is 5.37. The van der Waals surface area contributed by atoms with Crippen LogP contribution in [0, 0.1) is 5.92 Å². The topological polar surface area (TPSA) is 29.5 Å². The Balaban J connectivity index is 2.37. The maximum Gasteiger partial charge on any atom is 0.410 e.